The predicted molar refractivity (Wildman–Crippen MR) is 47.2 cm³/mol. The van der Waals surface area contributed by atoms with Gasteiger partial charge in [0.2, 0.25) is 0 Å². The maximum atomic E-state index is 9.43. The standard InChI is InChI=1S/C9H18O5/c1-8(2,3)6-4-5-7-9(10)11-13-14-12-9/h10H,4-7H2,1-3H3. The van der Waals surface area contributed by atoms with Crippen LogP contribution in [0.4, 0.5) is 0 Å². The lowest BCUT2D eigenvalue weighted by Crippen LogP contribution is -2.28. The van der Waals surface area contributed by atoms with E-state index in [4.69, 9.17) is 0 Å². The first-order valence-electron chi connectivity index (χ1n) is 4.84. The van der Waals surface area contributed by atoms with Crippen molar-refractivity contribution >= 4 is 0 Å². The Morgan fingerprint density at radius 3 is 2.14 bits per heavy atom. The maximum Gasteiger partial charge on any atom is 0.343 e. The van der Waals surface area contributed by atoms with Crippen molar-refractivity contribution < 1.29 is 25.0 Å². The predicted octanol–water partition coefficient (Wildman–Crippen LogP) is 2.06. The third-order valence-corrected chi connectivity index (χ3v) is 2.03. The second-order valence-electron chi connectivity index (χ2n) is 4.78. The molecule has 0 atom stereocenters. The minimum Gasteiger partial charge on any atom is -0.340 e. The molecule has 5 nitrogen and oxygen atoms in total. The van der Waals surface area contributed by atoms with Gasteiger partial charge in [-0.1, -0.05) is 27.2 Å². The van der Waals surface area contributed by atoms with Gasteiger partial charge in [0.05, 0.1) is 0 Å². The van der Waals surface area contributed by atoms with Gasteiger partial charge in [-0.25, -0.2) is 0 Å². The Labute approximate surface area is 83.7 Å². The molecule has 0 bridgehead atoms. The van der Waals surface area contributed by atoms with E-state index in [1.165, 1.54) is 0 Å². The Hall–Kier alpha value is -0.200. The van der Waals surface area contributed by atoms with E-state index in [9.17, 15) is 5.11 Å². The third kappa shape index (κ3) is 4.34. The Kier molecular flexibility index (Phi) is 3.86. The van der Waals surface area contributed by atoms with Crippen molar-refractivity contribution in [2.75, 3.05) is 0 Å². The molecule has 1 aliphatic rings. The summed E-state index contributed by atoms with van der Waals surface area (Å²) >= 11 is 0. The van der Waals surface area contributed by atoms with Crippen molar-refractivity contribution in [2.45, 2.75) is 52.4 Å². The van der Waals surface area contributed by atoms with E-state index in [0.717, 1.165) is 19.3 Å². The fourth-order valence-corrected chi connectivity index (χ4v) is 1.24. The molecule has 5 heteroatoms. The summed E-state index contributed by atoms with van der Waals surface area (Å²) in [5.74, 6) is -1.72. The lowest BCUT2D eigenvalue weighted by Gasteiger charge is -2.19. The van der Waals surface area contributed by atoms with Crippen LogP contribution in [-0.2, 0) is 19.9 Å². The largest absolute Gasteiger partial charge is 0.343 e. The average Bonchev–Trinajstić information content (AvgIpc) is 2.45. The van der Waals surface area contributed by atoms with Crippen LogP contribution < -0.4 is 0 Å². The van der Waals surface area contributed by atoms with Crippen LogP contribution in [0, 0.1) is 5.41 Å². The SMILES string of the molecule is CC(C)(C)CCCCC1(O)OOOO1. The van der Waals surface area contributed by atoms with Gasteiger partial charge in [0, 0.05) is 6.42 Å². The van der Waals surface area contributed by atoms with Crippen LogP contribution in [0.25, 0.3) is 0 Å². The zero-order valence-electron chi connectivity index (χ0n) is 8.91. The highest BCUT2D eigenvalue weighted by Gasteiger charge is 2.38. The molecule has 0 aliphatic carbocycles. The molecule has 0 saturated carbocycles. The van der Waals surface area contributed by atoms with Crippen molar-refractivity contribution in [1.29, 1.82) is 0 Å². The average molecular weight is 206 g/mol. The molecule has 1 saturated heterocycles. The molecule has 0 aromatic heterocycles. The molecule has 1 N–H and O–H groups in total. The number of aliphatic hydroxyl groups is 1. The first kappa shape index (κ1) is 11.9. The molecule has 0 radical (unpaired) electrons. The second-order valence-corrected chi connectivity index (χ2v) is 4.78. The summed E-state index contributed by atoms with van der Waals surface area (Å²) in [7, 11) is 0. The van der Waals surface area contributed by atoms with Gasteiger partial charge in [-0.15, -0.1) is 9.78 Å². The van der Waals surface area contributed by atoms with Crippen LogP contribution in [0.2, 0.25) is 0 Å². The van der Waals surface area contributed by atoms with Gasteiger partial charge in [0.25, 0.3) is 0 Å². The van der Waals surface area contributed by atoms with Crippen molar-refractivity contribution in [1.82, 2.24) is 0 Å². The summed E-state index contributed by atoms with van der Waals surface area (Å²) < 4.78 is 0. The van der Waals surface area contributed by atoms with Crippen LogP contribution in [-0.4, -0.2) is 11.1 Å². The van der Waals surface area contributed by atoms with Gasteiger partial charge in [-0.05, 0) is 28.3 Å². The summed E-state index contributed by atoms with van der Waals surface area (Å²) in [5, 5.41) is 17.4. The minimum atomic E-state index is -1.72. The van der Waals surface area contributed by atoms with E-state index in [1.807, 2.05) is 0 Å². The number of unbranched alkanes of at least 4 members (excludes halogenated alkanes) is 1. The lowest BCUT2D eigenvalue weighted by molar-refractivity contribution is -0.532. The van der Waals surface area contributed by atoms with E-state index in [-0.39, 0.29) is 0 Å². The topological polar surface area (TPSA) is 57.2 Å². The Bertz CT molecular complexity index is 169. The molecule has 0 spiro atoms. The molecular weight excluding hydrogens is 188 g/mol. The normalized spacial score (nSPS) is 21.4. The second kappa shape index (κ2) is 4.55. The molecule has 0 aromatic rings. The molecule has 0 amide bonds. The molecule has 84 valence electrons. The summed E-state index contributed by atoms with van der Waals surface area (Å²) in [4.78, 5) is 8.77. The highest BCUT2D eigenvalue weighted by molar-refractivity contribution is 4.62. The molecule has 1 heterocycles. The summed E-state index contributed by atoms with van der Waals surface area (Å²) in [5.41, 5.74) is 0.313. The Morgan fingerprint density at radius 1 is 1.07 bits per heavy atom. The van der Waals surface area contributed by atoms with Crippen LogP contribution >= 0.6 is 0 Å². The van der Waals surface area contributed by atoms with Gasteiger partial charge in [-0.3, -0.25) is 0 Å². The van der Waals surface area contributed by atoms with E-state index >= 15 is 0 Å². The minimum absolute atomic E-state index is 0.313. The smallest absolute Gasteiger partial charge is 0.340 e. The Balaban J connectivity index is 2.09. The molecule has 1 rings (SSSR count). The van der Waals surface area contributed by atoms with E-state index < -0.39 is 5.97 Å². The van der Waals surface area contributed by atoms with Crippen molar-refractivity contribution in [3.63, 3.8) is 0 Å². The monoisotopic (exact) mass is 206 g/mol. The van der Waals surface area contributed by atoms with Crippen molar-refractivity contribution in [2.24, 2.45) is 5.41 Å². The molecule has 0 unspecified atom stereocenters. The van der Waals surface area contributed by atoms with Crippen LogP contribution in [0.3, 0.4) is 0 Å². The number of hydrogen-bond donors (Lipinski definition) is 1. The molecule has 1 fully saturated rings. The molecular formula is C9H18O5. The highest BCUT2D eigenvalue weighted by Crippen LogP contribution is 2.27. The van der Waals surface area contributed by atoms with Crippen molar-refractivity contribution in [3.05, 3.63) is 0 Å². The summed E-state index contributed by atoms with van der Waals surface area (Å²) in [6, 6.07) is 0. The van der Waals surface area contributed by atoms with Gasteiger partial charge in [-0.2, -0.15) is 0 Å². The van der Waals surface area contributed by atoms with Gasteiger partial charge in [0.15, 0.2) is 0 Å². The molecule has 1 aliphatic heterocycles. The van der Waals surface area contributed by atoms with Crippen LogP contribution in [0.5, 0.6) is 0 Å². The number of rotatable bonds is 4. The third-order valence-electron chi connectivity index (χ3n) is 2.03. The van der Waals surface area contributed by atoms with Crippen molar-refractivity contribution in [3.8, 4) is 0 Å². The van der Waals surface area contributed by atoms with Gasteiger partial charge in [0.1, 0.15) is 0 Å². The quantitative estimate of drug-likeness (QED) is 0.563. The van der Waals surface area contributed by atoms with Crippen LogP contribution in [0.1, 0.15) is 46.5 Å². The maximum absolute atomic E-state index is 9.43. The first-order chi connectivity index (χ1) is 6.41. The Morgan fingerprint density at radius 2 is 1.64 bits per heavy atom. The van der Waals surface area contributed by atoms with Crippen LogP contribution in [0.15, 0.2) is 0 Å². The summed E-state index contributed by atoms with van der Waals surface area (Å²) in [6.07, 6.45) is 3.22. The fourth-order valence-electron chi connectivity index (χ4n) is 1.24. The summed E-state index contributed by atoms with van der Waals surface area (Å²) in [6.45, 7) is 6.53. The van der Waals surface area contributed by atoms with Gasteiger partial charge < -0.3 is 5.11 Å². The first-order valence-corrected chi connectivity index (χ1v) is 4.84. The lowest BCUT2D eigenvalue weighted by atomic mass is 9.89. The van der Waals surface area contributed by atoms with E-state index in [0.29, 0.717) is 11.8 Å². The highest BCUT2D eigenvalue weighted by atomic mass is 17.7. The zero-order chi connectivity index (χ0) is 10.7. The zero-order valence-corrected chi connectivity index (χ0v) is 8.91. The van der Waals surface area contributed by atoms with E-state index in [2.05, 4.69) is 40.6 Å². The van der Waals surface area contributed by atoms with E-state index in [1.54, 1.807) is 0 Å². The molecule has 0 aromatic carbocycles. The molecule has 14 heavy (non-hydrogen) atoms. The number of hydrogen-bond acceptors (Lipinski definition) is 5. The van der Waals surface area contributed by atoms with Gasteiger partial charge >= 0.3 is 5.97 Å². The fraction of sp³-hybridized carbons (Fsp3) is 1.00.